The van der Waals surface area contributed by atoms with E-state index in [1.807, 2.05) is 5.43 Å². The molecular formula is C12H15F2N3O. The Morgan fingerprint density at radius 1 is 1.44 bits per heavy atom. The zero-order chi connectivity index (χ0) is 13.3. The fourth-order valence-corrected chi connectivity index (χ4v) is 1.85. The molecule has 1 aromatic rings. The van der Waals surface area contributed by atoms with Crippen molar-refractivity contribution in [1.29, 1.82) is 0 Å². The summed E-state index contributed by atoms with van der Waals surface area (Å²) in [5.74, 6) is 3.81. The summed E-state index contributed by atoms with van der Waals surface area (Å²) < 4.78 is 26.8. The Labute approximate surface area is 104 Å². The Hall–Kier alpha value is -1.69. The number of carbonyl (C=O) groups is 1. The Morgan fingerprint density at radius 3 is 2.44 bits per heavy atom. The highest BCUT2D eigenvalue weighted by atomic mass is 19.1. The van der Waals surface area contributed by atoms with Crippen molar-refractivity contribution in [2.75, 3.05) is 12.0 Å². The fraction of sp³-hybridized carbons (Fsp3) is 0.417. The minimum atomic E-state index is -0.887. The third-order valence-electron chi connectivity index (χ3n) is 3.25. The molecule has 0 radical (unpaired) electrons. The number of hydrazine groups is 1. The second kappa shape index (κ2) is 4.89. The number of nitrogens with two attached hydrogens (primary N) is 1. The molecule has 1 aromatic carbocycles. The van der Waals surface area contributed by atoms with E-state index in [2.05, 4.69) is 12.2 Å². The van der Waals surface area contributed by atoms with Crippen molar-refractivity contribution < 1.29 is 13.6 Å². The maximum absolute atomic E-state index is 13.4. The molecule has 0 heterocycles. The molecule has 0 bridgehead atoms. The van der Waals surface area contributed by atoms with Gasteiger partial charge in [0.2, 0.25) is 0 Å². The molecule has 2 unspecified atom stereocenters. The number of carbonyl (C=O) groups excluding carboxylic acids is 1. The Balaban J connectivity index is 2.05. The van der Waals surface area contributed by atoms with Crippen molar-refractivity contribution in [2.45, 2.75) is 13.3 Å². The van der Waals surface area contributed by atoms with Crippen LogP contribution in [0, 0.1) is 23.5 Å². The highest BCUT2D eigenvalue weighted by Gasteiger charge is 2.32. The van der Waals surface area contributed by atoms with E-state index in [0.717, 1.165) is 18.6 Å². The van der Waals surface area contributed by atoms with Crippen molar-refractivity contribution in [1.82, 2.24) is 5.32 Å². The van der Waals surface area contributed by atoms with Gasteiger partial charge in [0.1, 0.15) is 5.69 Å². The number of hydrogen-bond donors (Lipinski definition) is 3. The summed E-state index contributed by atoms with van der Waals surface area (Å²) in [4.78, 5) is 11.7. The summed E-state index contributed by atoms with van der Waals surface area (Å²) in [7, 11) is 0. The summed E-state index contributed by atoms with van der Waals surface area (Å²) >= 11 is 0. The molecule has 6 heteroatoms. The molecule has 0 spiro atoms. The van der Waals surface area contributed by atoms with Gasteiger partial charge < -0.3 is 10.7 Å². The lowest BCUT2D eigenvalue weighted by molar-refractivity contribution is 0.0950. The first-order valence-corrected chi connectivity index (χ1v) is 5.76. The number of halogens is 2. The number of amides is 1. The molecule has 18 heavy (non-hydrogen) atoms. The maximum Gasteiger partial charge on any atom is 0.251 e. The lowest BCUT2D eigenvalue weighted by Gasteiger charge is -2.08. The first-order chi connectivity index (χ1) is 8.52. The third kappa shape index (κ3) is 2.59. The first-order valence-electron chi connectivity index (χ1n) is 5.76. The molecule has 2 rings (SSSR count). The maximum atomic E-state index is 13.4. The number of anilines is 1. The van der Waals surface area contributed by atoms with Crippen molar-refractivity contribution in [3.8, 4) is 0 Å². The third-order valence-corrected chi connectivity index (χ3v) is 3.25. The van der Waals surface area contributed by atoms with Crippen molar-refractivity contribution in [3.63, 3.8) is 0 Å². The van der Waals surface area contributed by atoms with E-state index in [1.165, 1.54) is 0 Å². The molecule has 0 aliphatic heterocycles. The standard InChI is InChI=1S/C12H15F2N3O/c1-6-2-8(6)5-16-12(18)7-3-9(13)11(17-15)10(14)4-7/h3-4,6,8,17H,2,5,15H2,1H3,(H,16,18). The SMILES string of the molecule is CC1CC1CNC(=O)c1cc(F)c(NN)c(F)c1. The predicted octanol–water partition coefficient (Wildman–Crippen LogP) is 1.64. The van der Waals surface area contributed by atoms with Crippen molar-refractivity contribution >= 4 is 11.6 Å². The highest BCUT2D eigenvalue weighted by molar-refractivity contribution is 5.94. The number of nitrogens with one attached hydrogen (secondary N) is 2. The van der Waals surface area contributed by atoms with Gasteiger partial charge in [0.25, 0.3) is 5.91 Å². The smallest absolute Gasteiger partial charge is 0.251 e. The van der Waals surface area contributed by atoms with Crippen LogP contribution in [0.2, 0.25) is 0 Å². The summed E-state index contributed by atoms with van der Waals surface area (Å²) in [6, 6.07) is 1.92. The van der Waals surface area contributed by atoms with Gasteiger partial charge in [-0.2, -0.15) is 0 Å². The zero-order valence-electron chi connectivity index (χ0n) is 9.97. The summed E-state index contributed by atoms with van der Waals surface area (Å²) in [6.07, 6.45) is 1.08. The molecule has 1 amide bonds. The molecule has 4 N–H and O–H groups in total. The van der Waals surface area contributed by atoms with Gasteiger partial charge in [-0.25, -0.2) is 8.78 Å². The number of hydrogen-bond acceptors (Lipinski definition) is 3. The van der Waals surface area contributed by atoms with Crippen molar-refractivity contribution in [3.05, 3.63) is 29.3 Å². The Bertz CT molecular complexity index is 455. The lowest BCUT2D eigenvalue weighted by atomic mass is 10.1. The molecule has 0 aromatic heterocycles. The van der Waals surface area contributed by atoms with Crippen LogP contribution in [0.4, 0.5) is 14.5 Å². The average molecular weight is 255 g/mol. The van der Waals surface area contributed by atoms with Gasteiger partial charge in [-0.1, -0.05) is 6.92 Å². The molecule has 1 aliphatic rings. The normalized spacial score (nSPS) is 21.6. The van der Waals surface area contributed by atoms with Crippen LogP contribution >= 0.6 is 0 Å². The minimum Gasteiger partial charge on any atom is -0.352 e. The van der Waals surface area contributed by atoms with Gasteiger partial charge in [-0.05, 0) is 30.4 Å². The van der Waals surface area contributed by atoms with Gasteiger partial charge >= 0.3 is 0 Å². The molecule has 4 nitrogen and oxygen atoms in total. The quantitative estimate of drug-likeness (QED) is 0.566. The Kier molecular flexibility index (Phi) is 3.47. The van der Waals surface area contributed by atoms with Crippen LogP contribution in [0.15, 0.2) is 12.1 Å². The van der Waals surface area contributed by atoms with Gasteiger partial charge in [-0.15, -0.1) is 0 Å². The summed E-state index contributed by atoms with van der Waals surface area (Å²) in [6.45, 7) is 2.64. The molecule has 1 saturated carbocycles. The van der Waals surface area contributed by atoms with Crippen LogP contribution in [0.1, 0.15) is 23.7 Å². The number of benzene rings is 1. The van der Waals surface area contributed by atoms with E-state index in [0.29, 0.717) is 18.4 Å². The largest absolute Gasteiger partial charge is 0.352 e. The number of nitrogen functional groups attached to an aromatic ring is 1. The average Bonchev–Trinajstić information content (AvgIpc) is 3.02. The second-order valence-corrected chi connectivity index (χ2v) is 4.64. The minimum absolute atomic E-state index is 0.0442. The van der Waals surface area contributed by atoms with Crippen LogP contribution in [0.5, 0.6) is 0 Å². The van der Waals surface area contributed by atoms with Crippen LogP contribution < -0.4 is 16.6 Å². The van der Waals surface area contributed by atoms with Gasteiger partial charge in [-0.3, -0.25) is 10.6 Å². The molecule has 1 aliphatic carbocycles. The molecule has 98 valence electrons. The number of rotatable bonds is 4. The fourth-order valence-electron chi connectivity index (χ4n) is 1.85. The van der Waals surface area contributed by atoms with E-state index in [9.17, 15) is 13.6 Å². The van der Waals surface area contributed by atoms with E-state index in [1.54, 1.807) is 0 Å². The first kappa shape index (κ1) is 12.8. The molecule has 0 saturated heterocycles. The van der Waals surface area contributed by atoms with Crippen LogP contribution in [0.25, 0.3) is 0 Å². The zero-order valence-corrected chi connectivity index (χ0v) is 9.97. The van der Waals surface area contributed by atoms with Gasteiger partial charge in [0.15, 0.2) is 11.6 Å². The molecule has 1 fully saturated rings. The van der Waals surface area contributed by atoms with Gasteiger partial charge in [0, 0.05) is 12.1 Å². The molecular weight excluding hydrogens is 240 g/mol. The monoisotopic (exact) mass is 255 g/mol. The van der Waals surface area contributed by atoms with E-state index in [4.69, 9.17) is 5.84 Å². The van der Waals surface area contributed by atoms with Crippen LogP contribution in [-0.2, 0) is 0 Å². The van der Waals surface area contributed by atoms with Crippen LogP contribution in [-0.4, -0.2) is 12.5 Å². The van der Waals surface area contributed by atoms with E-state index >= 15 is 0 Å². The van der Waals surface area contributed by atoms with Gasteiger partial charge in [0.05, 0.1) is 0 Å². The summed E-state index contributed by atoms with van der Waals surface area (Å²) in [5.41, 5.74) is 1.43. The summed E-state index contributed by atoms with van der Waals surface area (Å²) in [5, 5.41) is 2.66. The van der Waals surface area contributed by atoms with Crippen LogP contribution in [0.3, 0.4) is 0 Å². The Morgan fingerprint density at radius 2 is 2.00 bits per heavy atom. The van der Waals surface area contributed by atoms with Crippen molar-refractivity contribution in [2.24, 2.45) is 17.7 Å². The van der Waals surface area contributed by atoms with E-state index in [-0.39, 0.29) is 5.56 Å². The molecule has 2 atom stereocenters. The lowest BCUT2D eigenvalue weighted by Crippen LogP contribution is -2.26. The topological polar surface area (TPSA) is 67.2 Å². The highest BCUT2D eigenvalue weighted by Crippen LogP contribution is 2.36. The predicted molar refractivity (Wildman–Crippen MR) is 63.8 cm³/mol. The van der Waals surface area contributed by atoms with E-state index < -0.39 is 23.2 Å². The second-order valence-electron chi connectivity index (χ2n) is 4.64.